The lowest BCUT2D eigenvalue weighted by atomic mass is 9.92. The van der Waals surface area contributed by atoms with E-state index in [0.29, 0.717) is 29.1 Å². The molecule has 1 amide bonds. The van der Waals surface area contributed by atoms with Crippen molar-refractivity contribution >= 4 is 28.2 Å². The molecule has 1 N–H and O–H groups in total. The number of piperidine rings is 1. The summed E-state index contributed by atoms with van der Waals surface area (Å²) in [6, 6.07) is 7.02. The molecule has 0 spiro atoms. The number of likely N-dealkylation sites (tertiary alicyclic amines) is 1. The van der Waals surface area contributed by atoms with Gasteiger partial charge < -0.3 is 10.1 Å². The summed E-state index contributed by atoms with van der Waals surface area (Å²) in [6.07, 6.45) is 1.59. The number of carbonyl (C=O) groups is 2. The van der Waals surface area contributed by atoms with Gasteiger partial charge in [0.25, 0.3) is 0 Å². The average molecular weight is 430 g/mol. The summed E-state index contributed by atoms with van der Waals surface area (Å²) in [6.45, 7) is 10.1. The van der Waals surface area contributed by atoms with Crippen molar-refractivity contribution in [1.82, 2.24) is 9.88 Å². The Labute approximate surface area is 182 Å². The molecule has 1 aliphatic heterocycles. The van der Waals surface area contributed by atoms with Gasteiger partial charge in [-0.1, -0.05) is 13.8 Å². The average Bonchev–Trinajstić information content (AvgIpc) is 3.12. The fraction of sp³-hybridized carbons (Fsp3) is 0.522. The van der Waals surface area contributed by atoms with E-state index in [9.17, 15) is 9.59 Å². The summed E-state index contributed by atoms with van der Waals surface area (Å²) in [5.41, 5.74) is 1.58. The third-order valence-corrected chi connectivity index (χ3v) is 6.00. The van der Waals surface area contributed by atoms with E-state index in [1.807, 2.05) is 12.3 Å². The first-order chi connectivity index (χ1) is 14.4. The molecular formula is C23H31N3O3S. The molecule has 0 unspecified atom stereocenters. The van der Waals surface area contributed by atoms with Crippen molar-refractivity contribution in [3.8, 4) is 5.75 Å². The Bertz CT molecular complexity index is 840. The van der Waals surface area contributed by atoms with Gasteiger partial charge in [-0.2, -0.15) is 0 Å². The van der Waals surface area contributed by atoms with Crippen molar-refractivity contribution in [2.45, 2.75) is 46.6 Å². The van der Waals surface area contributed by atoms with E-state index in [-0.39, 0.29) is 24.5 Å². The Balaban J connectivity index is 1.44. The summed E-state index contributed by atoms with van der Waals surface area (Å²) in [5, 5.41) is 5.43. The zero-order valence-corrected chi connectivity index (χ0v) is 18.8. The second-order valence-corrected chi connectivity index (χ2v) is 9.07. The molecule has 0 radical (unpaired) electrons. The number of hydrogen-bond acceptors (Lipinski definition) is 6. The molecular weight excluding hydrogens is 398 g/mol. The third-order valence-electron chi connectivity index (χ3n) is 5.19. The van der Waals surface area contributed by atoms with Crippen LogP contribution in [0.2, 0.25) is 0 Å². The number of Topliss-reactive ketones (excluding diaryl/α,β-unsaturated/α-hetero) is 1. The maximum atomic E-state index is 12.3. The summed E-state index contributed by atoms with van der Waals surface area (Å²) in [5.74, 6) is 1.91. The molecule has 0 saturated carbocycles. The van der Waals surface area contributed by atoms with E-state index in [0.717, 1.165) is 31.1 Å². The number of nitrogens with zero attached hydrogens (tertiary/aromatic N) is 2. The normalized spacial score (nSPS) is 19.4. The van der Waals surface area contributed by atoms with Crippen LogP contribution >= 0.6 is 11.3 Å². The Morgan fingerprint density at radius 2 is 1.87 bits per heavy atom. The van der Waals surface area contributed by atoms with Gasteiger partial charge in [-0.3, -0.25) is 14.5 Å². The molecule has 7 heteroatoms. The van der Waals surface area contributed by atoms with Crippen molar-refractivity contribution in [2.24, 2.45) is 11.8 Å². The Hall–Kier alpha value is -2.25. The highest BCUT2D eigenvalue weighted by molar-refractivity contribution is 7.13. The summed E-state index contributed by atoms with van der Waals surface area (Å²) in [7, 11) is 0. The third kappa shape index (κ3) is 6.64. The first-order valence-electron chi connectivity index (χ1n) is 10.7. The van der Waals surface area contributed by atoms with Gasteiger partial charge in [0.15, 0.2) is 10.9 Å². The van der Waals surface area contributed by atoms with Gasteiger partial charge in [0.2, 0.25) is 5.91 Å². The highest BCUT2D eigenvalue weighted by Gasteiger charge is 2.22. The number of amides is 1. The first kappa shape index (κ1) is 22.4. The van der Waals surface area contributed by atoms with Crippen LogP contribution in [0.3, 0.4) is 0 Å². The smallest absolute Gasteiger partial charge is 0.226 e. The lowest BCUT2D eigenvalue weighted by molar-refractivity contribution is -0.116. The van der Waals surface area contributed by atoms with Crippen LogP contribution in [-0.4, -0.2) is 41.3 Å². The quantitative estimate of drug-likeness (QED) is 0.589. The van der Waals surface area contributed by atoms with Crippen LogP contribution in [-0.2, 0) is 11.3 Å². The van der Waals surface area contributed by atoms with Crippen molar-refractivity contribution in [1.29, 1.82) is 0 Å². The number of benzene rings is 1. The van der Waals surface area contributed by atoms with E-state index in [4.69, 9.17) is 4.74 Å². The molecule has 1 saturated heterocycles. The number of ether oxygens (including phenoxy) is 1. The molecule has 1 aromatic heterocycles. The maximum absolute atomic E-state index is 12.3. The Morgan fingerprint density at radius 3 is 2.53 bits per heavy atom. The number of thiazole rings is 1. The van der Waals surface area contributed by atoms with Crippen molar-refractivity contribution in [3.05, 3.63) is 40.9 Å². The largest absolute Gasteiger partial charge is 0.494 e. The highest BCUT2D eigenvalue weighted by atomic mass is 32.1. The van der Waals surface area contributed by atoms with Crippen LogP contribution in [0.15, 0.2) is 29.6 Å². The van der Waals surface area contributed by atoms with Crippen LogP contribution in [0.5, 0.6) is 5.75 Å². The van der Waals surface area contributed by atoms with Crippen LogP contribution in [0.25, 0.3) is 0 Å². The SMILES string of the molecule is CCOc1ccc(C(=O)CCC(=O)Nc2nc(CN3C[C@@H](C)C[C@H](C)C3)cs2)cc1. The minimum atomic E-state index is -0.185. The Morgan fingerprint density at radius 1 is 1.17 bits per heavy atom. The van der Waals surface area contributed by atoms with E-state index < -0.39 is 0 Å². The van der Waals surface area contributed by atoms with Crippen LogP contribution < -0.4 is 10.1 Å². The lowest BCUT2D eigenvalue weighted by Gasteiger charge is -2.34. The molecule has 2 heterocycles. The standard InChI is InChI=1S/C23H31N3O3S/c1-4-29-20-7-5-18(6-8-20)21(27)9-10-22(28)25-23-24-19(15-30-23)14-26-12-16(2)11-17(3)13-26/h5-8,15-17H,4,9-14H2,1-3H3,(H,24,25,28)/t16-,17-/m0/s1. The molecule has 2 atom stereocenters. The number of hydrogen-bond donors (Lipinski definition) is 1. The predicted octanol–water partition coefficient (Wildman–Crippen LogP) is 4.62. The molecule has 1 fully saturated rings. The Kier molecular flexibility index (Phi) is 7.99. The predicted molar refractivity (Wildman–Crippen MR) is 120 cm³/mol. The molecule has 2 aromatic rings. The van der Waals surface area contributed by atoms with Gasteiger partial charge in [-0.05, 0) is 49.4 Å². The second-order valence-electron chi connectivity index (χ2n) is 8.21. The van der Waals surface area contributed by atoms with Gasteiger partial charge in [0, 0.05) is 43.4 Å². The minimum absolute atomic E-state index is 0.0543. The summed E-state index contributed by atoms with van der Waals surface area (Å²) < 4.78 is 5.38. The highest BCUT2D eigenvalue weighted by Crippen LogP contribution is 2.24. The van der Waals surface area contributed by atoms with Crippen molar-refractivity contribution in [2.75, 3.05) is 25.0 Å². The zero-order chi connectivity index (χ0) is 21.5. The fourth-order valence-electron chi connectivity index (χ4n) is 4.04. The topological polar surface area (TPSA) is 71.5 Å². The molecule has 1 aromatic carbocycles. The molecule has 0 bridgehead atoms. The van der Waals surface area contributed by atoms with Crippen molar-refractivity contribution < 1.29 is 14.3 Å². The van der Waals surface area contributed by atoms with Crippen LogP contribution in [0.4, 0.5) is 5.13 Å². The van der Waals surface area contributed by atoms with Gasteiger partial charge >= 0.3 is 0 Å². The molecule has 162 valence electrons. The van der Waals surface area contributed by atoms with Crippen molar-refractivity contribution in [3.63, 3.8) is 0 Å². The number of ketones is 1. The number of aromatic nitrogens is 1. The summed E-state index contributed by atoms with van der Waals surface area (Å²) in [4.78, 5) is 31.5. The van der Waals surface area contributed by atoms with Crippen LogP contribution in [0, 0.1) is 11.8 Å². The number of anilines is 1. The lowest BCUT2D eigenvalue weighted by Crippen LogP contribution is -2.38. The zero-order valence-electron chi connectivity index (χ0n) is 18.0. The number of carbonyl (C=O) groups excluding carboxylic acids is 2. The number of rotatable bonds is 9. The maximum Gasteiger partial charge on any atom is 0.226 e. The molecule has 1 aliphatic rings. The van der Waals surface area contributed by atoms with Crippen LogP contribution in [0.1, 0.15) is 56.1 Å². The molecule has 3 rings (SSSR count). The number of nitrogens with one attached hydrogen (secondary N) is 1. The van der Waals surface area contributed by atoms with E-state index in [2.05, 4.69) is 29.0 Å². The summed E-state index contributed by atoms with van der Waals surface area (Å²) >= 11 is 1.44. The molecule has 0 aliphatic carbocycles. The van der Waals surface area contributed by atoms with E-state index in [1.54, 1.807) is 24.3 Å². The van der Waals surface area contributed by atoms with Gasteiger partial charge in [-0.25, -0.2) is 4.98 Å². The minimum Gasteiger partial charge on any atom is -0.494 e. The molecule has 6 nitrogen and oxygen atoms in total. The van der Waals surface area contributed by atoms with Gasteiger partial charge in [-0.15, -0.1) is 11.3 Å². The van der Waals surface area contributed by atoms with Gasteiger partial charge in [0.1, 0.15) is 5.75 Å². The van der Waals surface area contributed by atoms with Gasteiger partial charge in [0.05, 0.1) is 12.3 Å². The second kappa shape index (κ2) is 10.7. The van der Waals surface area contributed by atoms with E-state index in [1.165, 1.54) is 17.8 Å². The fourth-order valence-corrected chi connectivity index (χ4v) is 4.76. The monoisotopic (exact) mass is 429 g/mol. The first-order valence-corrected chi connectivity index (χ1v) is 11.5. The molecule has 30 heavy (non-hydrogen) atoms. The van der Waals surface area contributed by atoms with E-state index >= 15 is 0 Å².